The summed E-state index contributed by atoms with van der Waals surface area (Å²) in [6, 6.07) is 10.7. The Bertz CT molecular complexity index is 508. The van der Waals surface area contributed by atoms with Crippen LogP contribution in [-0.2, 0) is 11.3 Å². The number of methoxy groups -OCH3 is 1. The molecular formula is C14H13NO3. The molecule has 1 aromatic carbocycles. The summed E-state index contributed by atoms with van der Waals surface area (Å²) in [5.41, 5.74) is 1.36. The van der Waals surface area contributed by atoms with Crippen LogP contribution in [0, 0.1) is 0 Å². The summed E-state index contributed by atoms with van der Waals surface area (Å²) in [6.07, 6.45) is 3.09. The first kappa shape index (κ1) is 12.1. The zero-order chi connectivity index (χ0) is 12.8. The van der Waals surface area contributed by atoms with Crippen LogP contribution in [0.5, 0.6) is 5.75 Å². The maximum atomic E-state index is 11.7. The highest BCUT2D eigenvalue weighted by atomic mass is 16.5. The van der Waals surface area contributed by atoms with Gasteiger partial charge in [-0.05, 0) is 29.8 Å². The SMILES string of the molecule is COc1ccc(COC(=O)c2cccnc2)cc1. The van der Waals surface area contributed by atoms with Gasteiger partial charge in [0.15, 0.2) is 0 Å². The second-order valence-electron chi connectivity index (χ2n) is 3.67. The number of hydrogen-bond acceptors (Lipinski definition) is 4. The molecule has 4 nitrogen and oxygen atoms in total. The van der Waals surface area contributed by atoms with Crippen LogP contribution in [0.15, 0.2) is 48.8 Å². The summed E-state index contributed by atoms with van der Waals surface area (Å²) < 4.78 is 10.2. The summed E-state index contributed by atoms with van der Waals surface area (Å²) >= 11 is 0. The first-order valence-corrected chi connectivity index (χ1v) is 5.49. The number of benzene rings is 1. The minimum Gasteiger partial charge on any atom is -0.497 e. The first-order valence-electron chi connectivity index (χ1n) is 5.49. The van der Waals surface area contributed by atoms with Gasteiger partial charge in [-0.1, -0.05) is 12.1 Å². The van der Waals surface area contributed by atoms with E-state index in [1.807, 2.05) is 24.3 Å². The van der Waals surface area contributed by atoms with E-state index < -0.39 is 0 Å². The topological polar surface area (TPSA) is 48.4 Å². The fourth-order valence-corrected chi connectivity index (χ4v) is 1.44. The Balaban J connectivity index is 1.93. The lowest BCUT2D eigenvalue weighted by molar-refractivity contribution is 0.0472. The van der Waals surface area contributed by atoms with Crippen molar-refractivity contribution in [2.45, 2.75) is 6.61 Å². The summed E-state index contributed by atoms with van der Waals surface area (Å²) in [5, 5.41) is 0. The van der Waals surface area contributed by atoms with Crippen molar-refractivity contribution >= 4 is 5.97 Å². The molecule has 92 valence electrons. The van der Waals surface area contributed by atoms with Crippen LogP contribution in [-0.4, -0.2) is 18.1 Å². The lowest BCUT2D eigenvalue weighted by atomic mass is 10.2. The van der Waals surface area contributed by atoms with Crippen molar-refractivity contribution in [1.82, 2.24) is 4.98 Å². The number of aromatic nitrogens is 1. The quantitative estimate of drug-likeness (QED) is 0.774. The minimum absolute atomic E-state index is 0.234. The Kier molecular flexibility index (Phi) is 3.91. The normalized spacial score (nSPS) is 9.83. The molecular weight excluding hydrogens is 230 g/mol. The third kappa shape index (κ3) is 3.07. The molecule has 0 saturated carbocycles. The van der Waals surface area contributed by atoms with Gasteiger partial charge >= 0.3 is 5.97 Å². The molecule has 0 aliphatic rings. The van der Waals surface area contributed by atoms with Gasteiger partial charge in [-0.2, -0.15) is 0 Å². The van der Waals surface area contributed by atoms with E-state index in [-0.39, 0.29) is 12.6 Å². The highest BCUT2D eigenvalue weighted by molar-refractivity contribution is 5.88. The van der Waals surface area contributed by atoms with E-state index in [1.54, 1.807) is 25.4 Å². The Hall–Kier alpha value is -2.36. The number of rotatable bonds is 4. The molecule has 4 heteroatoms. The van der Waals surface area contributed by atoms with E-state index in [2.05, 4.69) is 4.98 Å². The van der Waals surface area contributed by atoms with Gasteiger partial charge in [0.25, 0.3) is 0 Å². The molecule has 0 aliphatic heterocycles. The molecule has 0 N–H and O–H groups in total. The zero-order valence-electron chi connectivity index (χ0n) is 10.00. The lowest BCUT2D eigenvalue weighted by Gasteiger charge is -2.05. The Labute approximate surface area is 105 Å². The molecule has 0 aliphatic carbocycles. The largest absolute Gasteiger partial charge is 0.497 e. The summed E-state index contributed by atoms with van der Waals surface area (Å²) in [7, 11) is 1.61. The summed E-state index contributed by atoms with van der Waals surface area (Å²) in [6.45, 7) is 0.234. The Morgan fingerprint density at radius 2 is 2.00 bits per heavy atom. The van der Waals surface area contributed by atoms with Gasteiger partial charge < -0.3 is 9.47 Å². The molecule has 1 aromatic heterocycles. The molecule has 0 bridgehead atoms. The van der Waals surface area contributed by atoms with E-state index in [1.165, 1.54) is 6.20 Å². The van der Waals surface area contributed by atoms with E-state index in [9.17, 15) is 4.79 Å². The highest BCUT2D eigenvalue weighted by Crippen LogP contribution is 2.12. The molecule has 0 saturated heterocycles. The molecule has 0 atom stereocenters. The smallest absolute Gasteiger partial charge is 0.340 e. The second kappa shape index (κ2) is 5.82. The molecule has 0 radical (unpaired) electrons. The van der Waals surface area contributed by atoms with Gasteiger partial charge in [-0.15, -0.1) is 0 Å². The molecule has 18 heavy (non-hydrogen) atoms. The van der Waals surface area contributed by atoms with Crippen LogP contribution in [0.3, 0.4) is 0 Å². The van der Waals surface area contributed by atoms with E-state index >= 15 is 0 Å². The number of ether oxygens (including phenoxy) is 2. The highest BCUT2D eigenvalue weighted by Gasteiger charge is 2.06. The number of pyridine rings is 1. The average Bonchev–Trinajstić information content (AvgIpc) is 2.46. The van der Waals surface area contributed by atoms with Crippen molar-refractivity contribution in [1.29, 1.82) is 0 Å². The van der Waals surface area contributed by atoms with Crippen molar-refractivity contribution in [3.8, 4) is 5.75 Å². The van der Waals surface area contributed by atoms with Crippen molar-refractivity contribution in [2.24, 2.45) is 0 Å². The van der Waals surface area contributed by atoms with Gasteiger partial charge in [-0.25, -0.2) is 4.79 Å². The molecule has 0 spiro atoms. The molecule has 0 unspecified atom stereocenters. The average molecular weight is 243 g/mol. The van der Waals surface area contributed by atoms with Gasteiger partial charge in [0.2, 0.25) is 0 Å². The number of esters is 1. The molecule has 1 heterocycles. The number of nitrogens with zero attached hydrogens (tertiary/aromatic N) is 1. The predicted octanol–water partition coefficient (Wildman–Crippen LogP) is 2.45. The third-order valence-corrected chi connectivity index (χ3v) is 2.43. The van der Waals surface area contributed by atoms with Crippen molar-refractivity contribution in [2.75, 3.05) is 7.11 Å². The van der Waals surface area contributed by atoms with Crippen LogP contribution < -0.4 is 4.74 Å². The van der Waals surface area contributed by atoms with Crippen LogP contribution >= 0.6 is 0 Å². The van der Waals surface area contributed by atoms with E-state index in [0.717, 1.165) is 11.3 Å². The van der Waals surface area contributed by atoms with Gasteiger partial charge in [-0.3, -0.25) is 4.98 Å². The van der Waals surface area contributed by atoms with Crippen LogP contribution in [0.2, 0.25) is 0 Å². The lowest BCUT2D eigenvalue weighted by Crippen LogP contribution is -2.05. The zero-order valence-corrected chi connectivity index (χ0v) is 10.00. The second-order valence-corrected chi connectivity index (χ2v) is 3.67. The molecule has 2 aromatic rings. The third-order valence-electron chi connectivity index (χ3n) is 2.43. The first-order chi connectivity index (χ1) is 8.79. The van der Waals surface area contributed by atoms with Crippen molar-refractivity contribution in [3.05, 3.63) is 59.9 Å². The molecule has 0 amide bonds. The van der Waals surface area contributed by atoms with E-state index in [0.29, 0.717) is 5.56 Å². The van der Waals surface area contributed by atoms with Crippen LogP contribution in [0.25, 0.3) is 0 Å². The maximum Gasteiger partial charge on any atom is 0.340 e. The Morgan fingerprint density at radius 3 is 2.61 bits per heavy atom. The number of carbonyl (C=O) groups is 1. The van der Waals surface area contributed by atoms with Crippen LogP contribution in [0.1, 0.15) is 15.9 Å². The summed E-state index contributed by atoms with van der Waals surface area (Å²) in [4.78, 5) is 15.5. The predicted molar refractivity (Wildman–Crippen MR) is 66.4 cm³/mol. The van der Waals surface area contributed by atoms with E-state index in [4.69, 9.17) is 9.47 Å². The Morgan fingerprint density at radius 1 is 1.22 bits per heavy atom. The standard InChI is InChI=1S/C14H13NO3/c1-17-13-6-4-11(5-7-13)10-18-14(16)12-3-2-8-15-9-12/h2-9H,10H2,1H3. The monoisotopic (exact) mass is 243 g/mol. The van der Waals surface area contributed by atoms with Gasteiger partial charge in [0.1, 0.15) is 12.4 Å². The maximum absolute atomic E-state index is 11.7. The number of hydrogen-bond donors (Lipinski definition) is 0. The van der Waals surface area contributed by atoms with Crippen molar-refractivity contribution in [3.63, 3.8) is 0 Å². The number of carbonyl (C=O) groups excluding carboxylic acids is 1. The van der Waals surface area contributed by atoms with Gasteiger partial charge in [0.05, 0.1) is 12.7 Å². The minimum atomic E-state index is -0.376. The van der Waals surface area contributed by atoms with Crippen LogP contribution in [0.4, 0.5) is 0 Å². The molecule has 2 rings (SSSR count). The fraction of sp³-hybridized carbons (Fsp3) is 0.143. The van der Waals surface area contributed by atoms with Gasteiger partial charge in [0, 0.05) is 12.4 Å². The van der Waals surface area contributed by atoms with Crippen molar-refractivity contribution < 1.29 is 14.3 Å². The molecule has 0 fully saturated rings. The fourth-order valence-electron chi connectivity index (χ4n) is 1.44. The summed E-state index contributed by atoms with van der Waals surface area (Å²) in [5.74, 6) is 0.399.